The molecular formula is C13H29N. The predicted octanol–water partition coefficient (Wildman–Crippen LogP) is 3.82. The van der Waals surface area contributed by atoms with Gasteiger partial charge in [0.15, 0.2) is 0 Å². The van der Waals surface area contributed by atoms with Gasteiger partial charge in [-0.05, 0) is 30.1 Å². The second kappa shape index (κ2) is 3.23. The van der Waals surface area contributed by atoms with Crippen molar-refractivity contribution in [1.82, 2.24) is 0 Å². The molecule has 0 fully saturated rings. The molecule has 0 radical (unpaired) electrons. The molecule has 0 unspecified atom stereocenters. The van der Waals surface area contributed by atoms with Gasteiger partial charge in [-0.1, -0.05) is 48.5 Å². The molecule has 0 aromatic rings. The summed E-state index contributed by atoms with van der Waals surface area (Å²) in [4.78, 5) is 0. The summed E-state index contributed by atoms with van der Waals surface area (Å²) in [5, 5.41) is 0. The van der Waals surface area contributed by atoms with Gasteiger partial charge in [0.2, 0.25) is 0 Å². The SMILES string of the molecule is CC(C)(C)C(C)(C)C(C)(C)C(C)(C)N. The van der Waals surface area contributed by atoms with Crippen LogP contribution in [0, 0.1) is 16.2 Å². The summed E-state index contributed by atoms with van der Waals surface area (Å²) < 4.78 is 0. The average Bonchev–Trinajstić information content (AvgIpc) is 1.81. The number of hydrogen-bond acceptors (Lipinski definition) is 1. The molecular weight excluding hydrogens is 170 g/mol. The summed E-state index contributed by atoms with van der Waals surface area (Å²) in [7, 11) is 0. The molecule has 14 heavy (non-hydrogen) atoms. The Labute approximate surface area is 90.5 Å². The molecule has 0 saturated carbocycles. The molecule has 0 spiro atoms. The fraction of sp³-hybridized carbons (Fsp3) is 1.00. The molecule has 0 bridgehead atoms. The highest BCUT2D eigenvalue weighted by molar-refractivity contribution is 5.03. The van der Waals surface area contributed by atoms with Crippen molar-refractivity contribution >= 4 is 0 Å². The third kappa shape index (κ3) is 1.98. The van der Waals surface area contributed by atoms with Crippen molar-refractivity contribution in [2.24, 2.45) is 22.0 Å². The maximum atomic E-state index is 6.30. The standard InChI is InChI=1S/C13H29N/c1-10(2,3)11(4,5)12(6,7)13(8,9)14/h14H2,1-9H3. The summed E-state index contributed by atoms with van der Waals surface area (Å²) in [6.07, 6.45) is 0. The Morgan fingerprint density at radius 3 is 0.929 bits per heavy atom. The van der Waals surface area contributed by atoms with Crippen LogP contribution in [0.4, 0.5) is 0 Å². The molecule has 0 saturated heterocycles. The van der Waals surface area contributed by atoms with E-state index in [-0.39, 0.29) is 21.8 Å². The molecule has 1 nitrogen and oxygen atoms in total. The molecule has 86 valence electrons. The van der Waals surface area contributed by atoms with E-state index in [2.05, 4.69) is 62.3 Å². The maximum absolute atomic E-state index is 6.30. The average molecular weight is 199 g/mol. The zero-order chi connectivity index (χ0) is 12.0. The predicted molar refractivity (Wildman–Crippen MR) is 65.3 cm³/mol. The molecule has 0 rings (SSSR count). The van der Waals surface area contributed by atoms with Crippen molar-refractivity contribution in [2.45, 2.75) is 67.9 Å². The number of hydrogen-bond donors (Lipinski definition) is 1. The van der Waals surface area contributed by atoms with Crippen LogP contribution >= 0.6 is 0 Å². The van der Waals surface area contributed by atoms with Gasteiger partial charge in [0.1, 0.15) is 0 Å². The zero-order valence-electron chi connectivity index (χ0n) is 11.6. The van der Waals surface area contributed by atoms with Gasteiger partial charge in [0, 0.05) is 5.54 Å². The van der Waals surface area contributed by atoms with Gasteiger partial charge in [-0.2, -0.15) is 0 Å². The molecule has 0 aliphatic heterocycles. The van der Waals surface area contributed by atoms with Gasteiger partial charge in [0.05, 0.1) is 0 Å². The lowest BCUT2D eigenvalue weighted by Gasteiger charge is -2.56. The first-order chi connectivity index (χ1) is 5.75. The summed E-state index contributed by atoms with van der Waals surface area (Å²) in [6, 6.07) is 0. The summed E-state index contributed by atoms with van der Waals surface area (Å²) in [5.74, 6) is 0. The minimum Gasteiger partial charge on any atom is -0.325 e. The van der Waals surface area contributed by atoms with Crippen molar-refractivity contribution < 1.29 is 0 Å². The number of nitrogens with two attached hydrogens (primary N) is 1. The molecule has 1 heteroatoms. The molecule has 0 aliphatic rings. The van der Waals surface area contributed by atoms with E-state index in [1.54, 1.807) is 0 Å². The zero-order valence-corrected chi connectivity index (χ0v) is 11.6. The van der Waals surface area contributed by atoms with Crippen LogP contribution in [-0.2, 0) is 0 Å². The highest BCUT2D eigenvalue weighted by atomic mass is 14.8. The Kier molecular flexibility index (Phi) is 3.22. The van der Waals surface area contributed by atoms with Gasteiger partial charge < -0.3 is 5.73 Å². The first-order valence-electron chi connectivity index (χ1n) is 5.54. The minimum atomic E-state index is -0.163. The Morgan fingerprint density at radius 2 is 0.857 bits per heavy atom. The Hall–Kier alpha value is -0.0400. The molecule has 0 atom stereocenters. The minimum absolute atomic E-state index is 0.0955. The lowest BCUT2D eigenvalue weighted by Crippen LogP contribution is -2.58. The fourth-order valence-electron chi connectivity index (χ4n) is 1.74. The largest absolute Gasteiger partial charge is 0.325 e. The molecule has 2 N–H and O–H groups in total. The third-order valence-electron chi connectivity index (χ3n) is 5.05. The highest BCUT2D eigenvalue weighted by Gasteiger charge is 2.51. The van der Waals surface area contributed by atoms with Gasteiger partial charge >= 0.3 is 0 Å². The van der Waals surface area contributed by atoms with E-state index in [1.165, 1.54) is 0 Å². The van der Waals surface area contributed by atoms with Crippen molar-refractivity contribution in [3.8, 4) is 0 Å². The second-order valence-electron chi connectivity index (χ2n) is 7.22. The molecule has 0 aromatic heterocycles. The van der Waals surface area contributed by atoms with Crippen molar-refractivity contribution in [3.63, 3.8) is 0 Å². The van der Waals surface area contributed by atoms with E-state index < -0.39 is 0 Å². The van der Waals surface area contributed by atoms with Gasteiger partial charge in [-0.25, -0.2) is 0 Å². The van der Waals surface area contributed by atoms with Crippen molar-refractivity contribution in [3.05, 3.63) is 0 Å². The first-order valence-corrected chi connectivity index (χ1v) is 5.54. The molecule has 0 aliphatic carbocycles. The molecule has 0 heterocycles. The number of rotatable bonds is 2. The van der Waals surface area contributed by atoms with E-state index >= 15 is 0 Å². The molecule has 0 amide bonds. The Bertz CT molecular complexity index is 174. The monoisotopic (exact) mass is 199 g/mol. The quantitative estimate of drug-likeness (QED) is 0.719. The van der Waals surface area contributed by atoms with Crippen LogP contribution in [0.2, 0.25) is 0 Å². The topological polar surface area (TPSA) is 26.0 Å². The van der Waals surface area contributed by atoms with Gasteiger partial charge in [-0.3, -0.25) is 0 Å². The van der Waals surface area contributed by atoms with Crippen LogP contribution in [0.15, 0.2) is 0 Å². The second-order valence-corrected chi connectivity index (χ2v) is 7.22. The van der Waals surface area contributed by atoms with Gasteiger partial charge in [-0.15, -0.1) is 0 Å². The normalized spacial score (nSPS) is 15.9. The van der Waals surface area contributed by atoms with Crippen LogP contribution < -0.4 is 5.73 Å². The smallest absolute Gasteiger partial charge is 0.0154 e. The van der Waals surface area contributed by atoms with Crippen molar-refractivity contribution in [2.75, 3.05) is 0 Å². The van der Waals surface area contributed by atoms with E-state index in [0.717, 1.165) is 0 Å². The lowest BCUT2D eigenvalue weighted by molar-refractivity contribution is -0.0505. The highest BCUT2D eigenvalue weighted by Crippen LogP contribution is 2.54. The van der Waals surface area contributed by atoms with Crippen LogP contribution in [0.25, 0.3) is 0 Å². The van der Waals surface area contributed by atoms with Gasteiger partial charge in [0.25, 0.3) is 0 Å². The summed E-state index contributed by atoms with van der Waals surface area (Å²) in [5.41, 5.74) is 6.68. The third-order valence-corrected chi connectivity index (χ3v) is 5.05. The van der Waals surface area contributed by atoms with Crippen LogP contribution in [0.1, 0.15) is 62.3 Å². The van der Waals surface area contributed by atoms with E-state index in [1.807, 2.05) is 0 Å². The molecule has 0 aromatic carbocycles. The lowest BCUT2D eigenvalue weighted by atomic mass is 9.50. The Balaban J connectivity index is 5.30. The first kappa shape index (κ1) is 14.0. The maximum Gasteiger partial charge on any atom is 0.0154 e. The summed E-state index contributed by atoms with van der Waals surface area (Å²) >= 11 is 0. The van der Waals surface area contributed by atoms with Crippen LogP contribution in [-0.4, -0.2) is 5.54 Å². The van der Waals surface area contributed by atoms with Crippen molar-refractivity contribution in [1.29, 1.82) is 0 Å². The van der Waals surface area contributed by atoms with Crippen LogP contribution in [0.5, 0.6) is 0 Å². The van der Waals surface area contributed by atoms with Crippen LogP contribution in [0.3, 0.4) is 0 Å². The van der Waals surface area contributed by atoms with E-state index in [0.29, 0.717) is 0 Å². The van der Waals surface area contributed by atoms with E-state index in [9.17, 15) is 0 Å². The van der Waals surface area contributed by atoms with E-state index in [4.69, 9.17) is 5.73 Å². The Morgan fingerprint density at radius 1 is 0.571 bits per heavy atom. The fourth-order valence-corrected chi connectivity index (χ4v) is 1.74. The summed E-state index contributed by atoms with van der Waals surface area (Å²) in [6.45, 7) is 20.3.